The van der Waals surface area contributed by atoms with Crippen molar-refractivity contribution in [3.05, 3.63) is 18.2 Å². The number of piperidine rings is 1. The lowest BCUT2D eigenvalue weighted by atomic mass is 9.96. The van der Waals surface area contributed by atoms with Crippen LogP contribution in [-0.2, 0) is 11.8 Å². The van der Waals surface area contributed by atoms with Gasteiger partial charge in [-0.3, -0.25) is 4.79 Å². The van der Waals surface area contributed by atoms with E-state index in [0.717, 1.165) is 12.1 Å². The SMILES string of the molecule is Cn1cncc1[C@H]1NC(=O)CC[C@H]1N. The minimum atomic E-state index is -0.0938. The Bertz CT molecular complexity index is 346. The van der Waals surface area contributed by atoms with Gasteiger partial charge in [-0.1, -0.05) is 0 Å². The van der Waals surface area contributed by atoms with Gasteiger partial charge in [0.2, 0.25) is 5.91 Å². The van der Waals surface area contributed by atoms with Crippen molar-refractivity contribution in [2.75, 3.05) is 0 Å². The second-order valence-corrected chi connectivity index (χ2v) is 3.68. The third kappa shape index (κ3) is 1.50. The topological polar surface area (TPSA) is 72.9 Å². The highest BCUT2D eigenvalue weighted by Crippen LogP contribution is 2.21. The zero-order valence-electron chi connectivity index (χ0n) is 8.10. The maximum absolute atomic E-state index is 11.2. The van der Waals surface area contributed by atoms with Crippen molar-refractivity contribution in [2.45, 2.75) is 24.9 Å². The van der Waals surface area contributed by atoms with Crippen molar-refractivity contribution in [3.8, 4) is 0 Å². The molecule has 5 nitrogen and oxygen atoms in total. The van der Waals surface area contributed by atoms with E-state index in [1.54, 1.807) is 12.5 Å². The number of carbonyl (C=O) groups is 1. The summed E-state index contributed by atoms with van der Waals surface area (Å²) in [4.78, 5) is 15.2. The molecule has 5 heteroatoms. The van der Waals surface area contributed by atoms with Gasteiger partial charge in [0.25, 0.3) is 0 Å². The molecule has 76 valence electrons. The van der Waals surface area contributed by atoms with Crippen LogP contribution in [0.1, 0.15) is 24.6 Å². The lowest BCUT2D eigenvalue weighted by Crippen LogP contribution is -2.46. The summed E-state index contributed by atoms with van der Waals surface area (Å²) in [5.41, 5.74) is 6.91. The molecule has 1 fully saturated rings. The third-order valence-corrected chi connectivity index (χ3v) is 2.62. The second kappa shape index (κ2) is 3.42. The van der Waals surface area contributed by atoms with E-state index < -0.39 is 0 Å². The molecule has 2 heterocycles. The maximum Gasteiger partial charge on any atom is 0.220 e. The van der Waals surface area contributed by atoms with Gasteiger partial charge in [-0.25, -0.2) is 4.98 Å². The molecule has 3 N–H and O–H groups in total. The van der Waals surface area contributed by atoms with Gasteiger partial charge in [-0.15, -0.1) is 0 Å². The molecule has 1 amide bonds. The first-order valence-electron chi connectivity index (χ1n) is 4.69. The second-order valence-electron chi connectivity index (χ2n) is 3.68. The molecule has 2 atom stereocenters. The molecule has 0 bridgehead atoms. The molecule has 0 unspecified atom stereocenters. The number of aryl methyl sites for hydroxylation is 1. The van der Waals surface area contributed by atoms with Gasteiger partial charge < -0.3 is 15.6 Å². The first-order chi connectivity index (χ1) is 6.68. The molecule has 0 spiro atoms. The van der Waals surface area contributed by atoms with E-state index in [2.05, 4.69) is 10.3 Å². The number of nitrogens with two attached hydrogens (primary N) is 1. The van der Waals surface area contributed by atoms with Crippen LogP contribution in [0.25, 0.3) is 0 Å². The number of hydrogen-bond donors (Lipinski definition) is 2. The van der Waals surface area contributed by atoms with Gasteiger partial charge in [0.05, 0.1) is 24.3 Å². The highest BCUT2D eigenvalue weighted by atomic mass is 16.1. The summed E-state index contributed by atoms with van der Waals surface area (Å²) in [6.45, 7) is 0. The van der Waals surface area contributed by atoms with Crippen LogP contribution in [-0.4, -0.2) is 21.5 Å². The van der Waals surface area contributed by atoms with E-state index in [0.29, 0.717) is 6.42 Å². The third-order valence-electron chi connectivity index (χ3n) is 2.62. The van der Waals surface area contributed by atoms with Crippen molar-refractivity contribution in [1.82, 2.24) is 14.9 Å². The molecular formula is C9H14N4O. The lowest BCUT2D eigenvalue weighted by molar-refractivity contribution is -0.123. The molecule has 0 aromatic carbocycles. The summed E-state index contributed by atoms with van der Waals surface area (Å²) in [6.07, 6.45) is 4.72. The molecule has 0 saturated carbocycles. The Kier molecular flexibility index (Phi) is 2.25. The van der Waals surface area contributed by atoms with Crippen LogP contribution in [0.2, 0.25) is 0 Å². The number of amides is 1. The lowest BCUT2D eigenvalue weighted by Gasteiger charge is -2.29. The Morgan fingerprint density at radius 2 is 2.50 bits per heavy atom. The molecule has 1 aliphatic heterocycles. The van der Waals surface area contributed by atoms with E-state index in [9.17, 15) is 4.79 Å². The zero-order valence-corrected chi connectivity index (χ0v) is 8.10. The van der Waals surface area contributed by atoms with Gasteiger partial charge in [-0.05, 0) is 6.42 Å². The van der Waals surface area contributed by atoms with Gasteiger partial charge >= 0.3 is 0 Å². The average Bonchev–Trinajstić information content (AvgIpc) is 2.56. The number of imidazole rings is 1. The van der Waals surface area contributed by atoms with E-state index in [1.165, 1.54) is 0 Å². The van der Waals surface area contributed by atoms with Gasteiger partial charge in [0, 0.05) is 19.5 Å². The monoisotopic (exact) mass is 194 g/mol. The van der Waals surface area contributed by atoms with Gasteiger partial charge in [0.1, 0.15) is 0 Å². The van der Waals surface area contributed by atoms with Gasteiger partial charge in [0.15, 0.2) is 0 Å². The Morgan fingerprint density at radius 1 is 1.71 bits per heavy atom. The molecule has 14 heavy (non-hydrogen) atoms. The molecule has 0 aliphatic carbocycles. The number of nitrogens with one attached hydrogen (secondary N) is 1. The largest absolute Gasteiger partial charge is 0.346 e. The van der Waals surface area contributed by atoms with E-state index in [4.69, 9.17) is 5.73 Å². The Morgan fingerprint density at radius 3 is 3.14 bits per heavy atom. The quantitative estimate of drug-likeness (QED) is 0.644. The van der Waals surface area contributed by atoms with E-state index in [1.807, 2.05) is 11.6 Å². The minimum absolute atomic E-state index is 0.0110. The first-order valence-corrected chi connectivity index (χ1v) is 4.69. The van der Waals surface area contributed by atoms with Crippen molar-refractivity contribution in [3.63, 3.8) is 0 Å². The van der Waals surface area contributed by atoms with Crippen molar-refractivity contribution < 1.29 is 4.79 Å². The summed E-state index contributed by atoms with van der Waals surface area (Å²) >= 11 is 0. The Labute approximate surface area is 82.3 Å². The number of aromatic nitrogens is 2. The van der Waals surface area contributed by atoms with Crippen LogP contribution >= 0.6 is 0 Å². The van der Waals surface area contributed by atoms with Crippen molar-refractivity contribution in [1.29, 1.82) is 0 Å². The molecule has 1 saturated heterocycles. The summed E-state index contributed by atoms with van der Waals surface area (Å²) in [6, 6.07) is -0.105. The molecule has 2 rings (SSSR count). The number of hydrogen-bond acceptors (Lipinski definition) is 3. The number of rotatable bonds is 1. The van der Waals surface area contributed by atoms with Crippen LogP contribution in [0.3, 0.4) is 0 Å². The normalized spacial score (nSPS) is 27.4. The Hall–Kier alpha value is -1.36. The molecular weight excluding hydrogens is 180 g/mol. The molecule has 1 aromatic heterocycles. The average molecular weight is 194 g/mol. The van der Waals surface area contributed by atoms with Gasteiger partial charge in [-0.2, -0.15) is 0 Å². The van der Waals surface area contributed by atoms with Crippen LogP contribution < -0.4 is 11.1 Å². The minimum Gasteiger partial charge on any atom is -0.346 e. The van der Waals surface area contributed by atoms with Crippen molar-refractivity contribution >= 4 is 5.91 Å². The predicted molar refractivity (Wildman–Crippen MR) is 51.3 cm³/mol. The van der Waals surface area contributed by atoms with E-state index >= 15 is 0 Å². The fourth-order valence-corrected chi connectivity index (χ4v) is 1.78. The molecule has 1 aromatic rings. The van der Waals surface area contributed by atoms with Crippen LogP contribution in [0, 0.1) is 0 Å². The highest BCUT2D eigenvalue weighted by molar-refractivity contribution is 5.77. The fraction of sp³-hybridized carbons (Fsp3) is 0.556. The summed E-state index contributed by atoms with van der Waals surface area (Å²) in [7, 11) is 1.90. The summed E-state index contributed by atoms with van der Waals surface area (Å²) < 4.78 is 1.89. The Balaban J connectivity index is 2.24. The first kappa shape index (κ1) is 9.21. The predicted octanol–water partition coefficient (Wildman–Crippen LogP) is -0.302. The fourth-order valence-electron chi connectivity index (χ4n) is 1.78. The van der Waals surface area contributed by atoms with Crippen LogP contribution in [0.4, 0.5) is 0 Å². The van der Waals surface area contributed by atoms with Crippen molar-refractivity contribution in [2.24, 2.45) is 12.8 Å². The summed E-state index contributed by atoms with van der Waals surface area (Å²) in [5, 5.41) is 2.88. The molecule has 0 radical (unpaired) electrons. The highest BCUT2D eigenvalue weighted by Gasteiger charge is 2.28. The number of carbonyl (C=O) groups excluding carboxylic acids is 1. The standard InChI is InChI=1S/C9H14N4O/c1-13-5-11-4-7(13)9-6(10)2-3-8(14)12-9/h4-6,9H,2-3,10H2,1H3,(H,12,14)/t6-,9+/m1/s1. The summed E-state index contributed by atoms with van der Waals surface area (Å²) in [5.74, 6) is 0.0675. The van der Waals surface area contributed by atoms with E-state index in [-0.39, 0.29) is 18.0 Å². The molecule has 1 aliphatic rings. The smallest absolute Gasteiger partial charge is 0.220 e. The van der Waals surface area contributed by atoms with Crippen LogP contribution in [0.15, 0.2) is 12.5 Å². The maximum atomic E-state index is 11.2. The van der Waals surface area contributed by atoms with Crippen LogP contribution in [0.5, 0.6) is 0 Å². The number of nitrogens with zero attached hydrogens (tertiary/aromatic N) is 2. The zero-order chi connectivity index (χ0) is 10.1.